The second-order valence-electron chi connectivity index (χ2n) is 3.54. The highest BCUT2D eigenvalue weighted by atomic mass is 79.9. The van der Waals surface area contributed by atoms with Crippen LogP contribution in [0.4, 0.5) is 14.5 Å². The van der Waals surface area contributed by atoms with Crippen LogP contribution >= 0.6 is 27.5 Å². The Kier molecular flexibility index (Phi) is 4.15. The van der Waals surface area contributed by atoms with Crippen molar-refractivity contribution in [2.75, 3.05) is 0 Å². The molecule has 2 rings (SSSR count). The van der Waals surface area contributed by atoms with Gasteiger partial charge in [0.2, 0.25) is 11.7 Å². The molecule has 0 aliphatic carbocycles. The van der Waals surface area contributed by atoms with Gasteiger partial charge >= 0.3 is 0 Å². The van der Waals surface area contributed by atoms with Crippen molar-refractivity contribution in [3.8, 4) is 11.6 Å². The van der Waals surface area contributed by atoms with Gasteiger partial charge in [0, 0.05) is 10.5 Å². The van der Waals surface area contributed by atoms with Crippen LogP contribution in [-0.4, -0.2) is 9.91 Å². The molecule has 1 aromatic heterocycles. The van der Waals surface area contributed by atoms with Gasteiger partial charge in [-0.2, -0.15) is 4.39 Å². The number of benzene rings is 1. The van der Waals surface area contributed by atoms with Crippen LogP contribution in [0.3, 0.4) is 0 Å². The Morgan fingerprint density at radius 2 is 2.05 bits per heavy atom. The molecule has 0 fully saturated rings. The van der Waals surface area contributed by atoms with Crippen LogP contribution in [-0.2, 0) is 0 Å². The summed E-state index contributed by atoms with van der Waals surface area (Å²) in [7, 11) is 0. The average Bonchev–Trinajstić information content (AvgIpc) is 2.37. The Hall–Kier alpha value is -1.80. The van der Waals surface area contributed by atoms with E-state index in [1.165, 1.54) is 6.07 Å². The summed E-state index contributed by atoms with van der Waals surface area (Å²) in [6.45, 7) is 0. The zero-order valence-electron chi connectivity index (χ0n) is 9.44. The van der Waals surface area contributed by atoms with Gasteiger partial charge in [-0.25, -0.2) is 9.37 Å². The molecule has 0 saturated carbocycles. The average molecular weight is 366 g/mol. The smallest absolute Gasteiger partial charge is 0.289 e. The highest BCUT2D eigenvalue weighted by Crippen LogP contribution is 2.33. The highest BCUT2D eigenvalue weighted by Gasteiger charge is 2.16. The Labute approximate surface area is 124 Å². The molecule has 20 heavy (non-hydrogen) atoms. The molecular weight excluding hydrogens is 361 g/mol. The van der Waals surface area contributed by atoms with E-state index in [9.17, 15) is 18.9 Å². The van der Waals surface area contributed by atoms with Gasteiger partial charge in [0.25, 0.3) is 5.69 Å². The molecule has 104 valence electrons. The molecular formula is C11H4BrClF2N2O3. The van der Waals surface area contributed by atoms with E-state index in [1.807, 2.05) is 0 Å². The Balaban J connectivity index is 2.38. The number of hydrogen-bond acceptors (Lipinski definition) is 4. The van der Waals surface area contributed by atoms with Crippen LogP contribution in [0.25, 0.3) is 0 Å². The van der Waals surface area contributed by atoms with Crippen LogP contribution in [0.1, 0.15) is 0 Å². The van der Waals surface area contributed by atoms with Crippen molar-refractivity contribution in [1.29, 1.82) is 0 Å². The van der Waals surface area contributed by atoms with Crippen molar-refractivity contribution in [2.45, 2.75) is 0 Å². The van der Waals surface area contributed by atoms with Gasteiger partial charge in [-0.15, -0.1) is 0 Å². The molecule has 0 saturated heterocycles. The lowest BCUT2D eigenvalue weighted by Crippen LogP contribution is -1.96. The molecule has 2 aromatic rings. The predicted molar refractivity (Wildman–Crippen MR) is 70.0 cm³/mol. The van der Waals surface area contributed by atoms with Crippen LogP contribution < -0.4 is 4.74 Å². The van der Waals surface area contributed by atoms with E-state index in [1.54, 1.807) is 0 Å². The predicted octanol–water partition coefficient (Wildman–Crippen LogP) is 4.48. The first kappa shape index (κ1) is 14.6. The van der Waals surface area contributed by atoms with Crippen LogP contribution in [0.15, 0.2) is 28.9 Å². The first-order valence-corrected chi connectivity index (χ1v) is 6.18. The Morgan fingerprint density at radius 3 is 2.65 bits per heavy atom. The van der Waals surface area contributed by atoms with Gasteiger partial charge in [0.15, 0.2) is 11.6 Å². The maximum Gasteiger partial charge on any atom is 0.289 e. The molecule has 0 unspecified atom stereocenters. The minimum Gasteiger partial charge on any atom is -0.434 e. The molecule has 0 atom stereocenters. The molecule has 9 heteroatoms. The largest absolute Gasteiger partial charge is 0.434 e. The second-order valence-corrected chi connectivity index (χ2v) is 4.86. The summed E-state index contributed by atoms with van der Waals surface area (Å²) in [5.41, 5.74) is -0.344. The molecule has 0 aliphatic rings. The summed E-state index contributed by atoms with van der Waals surface area (Å²) in [6, 6.07) is 3.10. The van der Waals surface area contributed by atoms with Gasteiger partial charge in [0.1, 0.15) is 11.2 Å². The molecule has 0 amide bonds. The van der Waals surface area contributed by atoms with Gasteiger partial charge in [-0.1, -0.05) is 27.5 Å². The fourth-order valence-corrected chi connectivity index (χ4v) is 1.91. The van der Waals surface area contributed by atoms with E-state index >= 15 is 0 Å². The van der Waals surface area contributed by atoms with E-state index < -0.39 is 22.3 Å². The normalized spacial score (nSPS) is 10.4. The lowest BCUT2D eigenvalue weighted by Gasteiger charge is -2.08. The summed E-state index contributed by atoms with van der Waals surface area (Å²) < 4.78 is 32.0. The van der Waals surface area contributed by atoms with Gasteiger partial charge in [-0.05, 0) is 12.1 Å². The van der Waals surface area contributed by atoms with Crippen molar-refractivity contribution in [3.63, 3.8) is 0 Å². The van der Waals surface area contributed by atoms with E-state index in [0.29, 0.717) is 0 Å². The highest BCUT2D eigenvalue weighted by molar-refractivity contribution is 9.10. The van der Waals surface area contributed by atoms with Crippen molar-refractivity contribution < 1.29 is 18.4 Å². The Bertz CT molecular complexity index is 700. The minimum atomic E-state index is -1.22. The van der Waals surface area contributed by atoms with Crippen molar-refractivity contribution >= 4 is 33.2 Å². The molecule has 1 heterocycles. The third-order valence-electron chi connectivity index (χ3n) is 2.17. The third-order valence-corrected chi connectivity index (χ3v) is 2.90. The molecule has 0 bridgehead atoms. The molecule has 0 radical (unpaired) electrons. The lowest BCUT2D eigenvalue weighted by molar-refractivity contribution is -0.385. The van der Waals surface area contributed by atoms with Gasteiger partial charge in [0.05, 0.1) is 4.92 Å². The fourth-order valence-electron chi connectivity index (χ4n) is 1.30. The van der Waals surface area contributed by atoms with Crippen molar-refractivity contribution in [3.05, 3.63) is 55.6 Å². The van der Waals surface area contributed by atoms with Gasteiger partial charge in [-0.3, -0.25) is 10.1 Å². The maximum absolute atomic E-state index is 13.5. The summed E-state index contributed by atoms with van der Waals surface area (Å²) in [4.78, 5) is 13.4. The van der Waals surface area contributed by atoms with E-state index in [4.69, 9.17) is 16.3 Å². The standard InChI is InChI=1S/C11H4BrClF2N2O3/c12-5-1-8(14)10(15)9(2-5)20-11-7(13)3-6(4-16-11)17(18)19/h1-4H. The van der Waals surface area contributed by atoms with Crippen LogP contribution in [0.2, 0.25) is 5.02 Å². The molecule has 0 N–H and O–H groups in total. The molecule has 0 aliphatic heterocycles. The minimum absolute atomic E-state index is 0.195. The van der Waals surface area contributed by atoms with E-state index in [2.05, 4.69) is 20.9 Å². The zero-order valence-corrected chi connectivity index (χ0v) is 11.8. The molecule has 5 nitrogen and oxygen atoms in total. The molecule has 0 spiro atoms. The number of aromatic nitrogens is 1. The number of pyridine rings is 1. The number of ether oxygens (including phenoxy) is 1. The van der Waals surface area contributed by atoms with Crippen molar-refractivity contribution in [1.82, 2.24) is 4.98 Å². The van der Waals surface area contributed by atoms with Crippen molar-refractivity contribution in [2.24, 2.45) is 0 Å². The fraction of sp³-hybridized carbons (Fsp3) is 0. The zero-order chi connectivity index (χ0) is 14.9. The van der Waals surface area contributed by atoms with Crippen LogP contribution in [0, 0.1) is 21.7 Å². The number of hydrogen-bond donors (Lipinski definition) is 0. The number of halogens is 4. The number of nitro groups is 1. The topological polar surface area (TPSA) is 65.3 Å². The third kappa shape index (κ3) is 3.02. The summed E-state index contributed by atoms with van der Waals surface area (Å²) in [5, 5.41) is 10.3. The van der Waals surface area contributed by atoms with E-state index in [-0.39, 0.29) is 21.1 Å². The van der Waals surface area contributed by atoms with E-state index in [0.717, 1.165) is 18.3 Å². The first-order chi connectivity index (χ1) is 9.38. The molecule has 1 aromatic carbocycles. The number of nitrogens with zero attached hydrogens (tertiary/aromatic N) is 2. The summed E-state index contributed by atoms with van der Waals surface area (Å²) in [5.74, 6) is -3.05. The summed E-state index contributed by atoms with van der Waals surface area (Å²) >= 11 is 8.72. The SMILES string of the molecule is O=[N+]([O-])c1cnc(Oc2cc(Br)cc(F)c2F)c(Cl)c1. The Morgan fingerprint density at radius 1 is 1.35 bits per heavy atom. The quantitative estimate of drug-likeness (QED) is 0.457. The first-order valence-electron chi connectivity index (χ1n) is 5.01. The van der Waals surface area contributed by atoms with Gasteiger partial charge < -0.3 is 4.74 Å². The van der Waals surface area contributed by atoms with Crippen LogP contribution in [0.5, 0.6) is 11.6 Å². The summed E-state index contributed by atoms with van der Waals surface area (Å²) in [6.07, 6.45) is 0.896. The second kappa shape index (κ2) is 5.68. The monoisotopic (exact) mass is 364 g/mol. The maximum atomic E-state index is 13.5. The number of rotatable bonds is 3. The lowest BCUT2D eigenvalue weighted by atomic mass is 10.3.